The van der Waals surface area contributed by atoms with Crippen LogP contribution in [0.5, 0.6) is 0 Å². The summed E-state index contributed by atoms with van der Waals surface area (Å²) >= 11 is 2.46. The quantitative estimate of drug-likeness (QED) is 0.0625. The van der Waals surface area contributed by atoms with E-state index >= 15 is 0 Å². The van der Waals surface area contributed by atoms with Crippen LogP contribution < -0.4 is 0 Å². The van der Waals surface area contributed by atoms with E-state index < -0.39 is 8.32 Å². The molecule has 0 amide bonds. The lowest BCUT2D eigenvalue weighted by Gasteiger charge is -2.39. The van der Waals surface area contributed by atoms with Crippen molar-refractivity contribution in [3.05, 3.63) is 12.2 Å². The molecular formula is C24H49IOSi. The predicted octanol–water partition coefficient (Wildman–Crippen LogP) is 9.46. The summed E-state index contributed by atoms with van der Waals surface area (Å²) in [5.74, 6) is 0. The van der Waals surface area contributed by atoms with E-state index in [2.05, 4.69) is 75.5 Å². The Morgan fingerprint density at radius 1 is 0.815 bits per heavy atom. The molecule has 0 N–H and O–H groups in total. The van der Waals surface area contributed by atoms with Crippen LogP contribution in [0.3, 0.4) is 0 Å². The zero-order valence-corrected chi connectivity index (χ0v) is 22.6. The molecule has 1 unspecified atom stereocenters. The zero-order chi connectivity index (χ0) is 20.6. The van der Waals surface area contributed by atoms with Crippen LogP contribution >= 0.6 is 22.6 Å². The van der Waals surface area contributed by atoms with Gasteiger partial charge in [0.05, 0.1) is 0 Å². The molecule has 0 saturated carbocycles. The van der Waals surface area contributed by atoms with Crippen molar-refractivity contribution in [3.63, 3.8) is 0 Å². The largest absolute Gasteiger partial charge is 0.414 e. The Balaban J connectivity index is 4.14. The lowest BCUT2D eigenvalue weighted by atomic mass is 10.0. The zero-order valence-electron chi connectivity index (χ0n) is 19.4. The van der Waals surface area contributed by atoms with Crippen LogP contribution in [0.15, 0.2) is 12.2 Å². The third kappa shape index (κ3) is 15.2. The molecule has 0 heterocycles. The summed E-state index contributed by atoms with van der Waals surface area (Å²) in [5, 5.41) is 0.318. The highest BCUT2D eigenvalue weighted by Gasteiger charge is 2.38. The van der Waals surface area contributed by atoms with Crippen LogP contribution in [0.2, 0.25) is 18.1 Å². The molecule has 0 saturated heterocycles. The van der Waals surface area contributed by atoms with Gasteiger partial charge in [-0.25, -0.2) is 0 Å². The van der Waals surface area contributed by atoms with Crippen molar-refractivity contribution >= 4 is 30.9 Å². The number of hydrogen-bond donors (Lipinski definition) is 0. The molecule has 1 nitrogen and oxygen atoms in total. The van der Waals surface area contributed by atoms with Gasteiger partial charge in [-0.2, -0.15) is 0 Å². The molecule has 0 aliphatic heterocycles. The van der Waals surface area contributed by atoms with Crippen LogP contribution in [-0.2, 0) is 4.43 Å². The molecule has 0 rings (SSSR count). The summed E-state index contributed by atoms with van der Waals surface area (Å²) in [6.07, 6.45) is 22.5. The first-order valence-electron chi connectivity index (χ1n) is 11.6. The highest BCUT2D eigenvalue weighted by Crippen LogP contribution is 2.38. The van der Waals surface area contributed by atoms with Gasteiger partial charge in [0.1, 0.15) is 0 Å². The van der Waals surface area contributed by atoms with E-state index in [9.17, 15) is 0 Å². The summed E-state index contributed by atoms with van der Waals surface area (Å²) in [6, 6.07) is 0. The number of halogens is 1. The van der Waals surface area contributed by atoms with Crippen LogP contribution in [0.25, 0.3) is 0 Å². The molecule has 0 spiro atoms. The van der Waals surface area contributed by atoms with Crippen molar-refractivity contribution in [2.45, 2.75) is 135 Å². The van der Waals surface area contributed by atoms with Crippen LogP contribution in [0, 0.1) is 0 Å². The maximum Gasteiger partial charge on any atom is 0.192 e. The Labute approximate surface area is 186 Å². The van der Waals surface area contributed by atoms with Gasteiger partial charge in [-0.05, 0) is 61.1 Å². The second kappa shape index (κ2) is 16.4. The minimum Gasteiger partial charge on any atom is -0.414 e. The minimum absolute atomic E-state index is 0.318. The molecular weight excluding hydrogens is 459 g/mol. The molecule has 0 aromatic rings. The van der Waals surface area contributed by atoms with Gasteiger partial charge >= 0.3 is 0 Å². The Morgan fingerprint density at radius 2 is 1.33 bits per heavy atom. The van der Waals surface area contributed by atoms with E-state index in [4.69, 9.17) is 4.43 Å². The monoisotopic (exact) mass is 508 g/mol. The minimum atomic E-state index is -1.64. The van der Waals surface area contributed by atoms with Crippen LogP contribution in [-0.4, -0.2) is 18.8 Å². The third-order valence-electron chi connectivity index (χ3n) is 5.97. The van der Waals surface area contributed by atoms with Gasteiger partial charge in [0, 0.05) is 6.10 Å². The Morgan fingerprint density at radius 3 is 1.85 bits per heavy atom. The van der Waals surface area contributed by atoms with Gasteiger partial charge in [0.2, 0.25) is 0 Å². The van der Waals surface area contributed by atoms with Crippen molar-refractivity contribution in [2.75, 3.05) is 4.43 Å². The van der Waals surface area contributed by atoms with E-state index in [1.807, 2.05) is 0 Å². The van der Waals surface area contributed by atoms with Crippen molar-refractivity contribution in [1.82, 2.24) is 0 Å². The Hall–Kier alpha value is 0.647. The molecule has 3 heteroatoms. The Bertz CT molecular complexity index is 360. The first-order chi connectivity index (χ1) is 12.7. The van der Waals surface area contributed by atoms with Gasteiger partial charge in [0.25, 0.3) is 0 Å². The fraction of sp³-hybridized carbons (Fsp3) is 0.917. The molecule has 0 radical (unpaired) electrons. The van der Waals surface area contributed by atoms with Gasteiger partial charge < -0.3 is 4.43 Å². The molecule has 0 aromatic heterocycles. The highest BCUT2D eigenvalue weighted by molar-refractivity contribution is 14.1. The van der Waals surface area contributed by atoms with Crippen molar-refractivity contribution in [1.29, 1.82) is 0 Å². The van der Waals surface area contributed by atoms with Crippen LogP contribution in [0.4, 0.5) is 0 Å². The number of alkyl halides is 1. The second-order valence-electron chi connectivity index (χ2n) is 9.64. The molecule has 27 heavy (non-hydrogen) atoms. The van der Waals surface area contributed by atoms with E-state index in [-0.39, 0.29) is 0 Å². The maximum atomic E-state index is 6.79. The normalized spacial score (nSPS) is 14.2. The summed E-state index contributed by atoms with van der Waals surface area (Å²) in [6.45, 7) is 14.2. The second-order valence-corrected chi connectivity index (χ2v) is 15.5. The topological polar surface area (TPSA) is 9.23 Å². The van der Waals surface area contributed by atoms with Crippen molar-refractivity contribution in [3.8, 4) is 0 Å². The molecule has 0 aliphatic carbocycles. The standard InChI is InChI=1S/C24H49IOSi/c1-7-8-9-17-20-23(26-27(5,6)24(2,3)4)21-18-15-13-11-10-12-14-16-19-22-25/h12,14,23H,7-11,13,15-22H2,1-6H3/b14-12+. The first kappa shape index (κ1) is 27.6. The van der Waals surface area contributed by atoms with Gasteiger partial charge in [-0.3, -0.25) is 0 Å². The average molecular weight is 509 g/mol. The molecule has 0 aromatic carbocycles. The number of hydrogen-bond acceptors (Lipinski definition) is 1. The van der Waals surface area contributed by atoms with E-state index in [1.54, 1.807) is 0 Å². The summed E-state index contributed by atoms with van der Waals surface area (Å²) in [4.78, 5) is 0. The molecule has 162 valence electrons. The van der Waals surface area contributed by atoms with Gasteiger partial charge in [0.15, 0.2) is 8.32 Å². The fourth-order valence-corrected chi connectivity index (χ4v) is 4.94. The molecule has 0 aliphatic rings. The smallest absolute Gasteiger partial charge is 0.192 e. The fourth-order valence-electron chi connectivity index (χ4n) is 3.07. The summed E-state index contributed by atoms with van der Waals surface area (Å²) in [7, 11) is -1.64. The van der Waals surface area contributed by atoms with Gasteiger partial charge in [-0.1, -0.05) is 107 Å². The van der Waals surface area contributed by atoms with E-state index in [0.717, 1.165) is 0 Å². The summed E-state index contributed by atoms with van der Waals surface area (Å²) < 4.78 is 8.07. The maximum absolute atomic E-state index is 6.79. The first-order valence-corrected chi connectivity index (χ1v) is 16.1. The number of allylic oxidation sites excluding steroid dienone is 2. The lowest BCUT2D eigenvalue weighted by Crippen LogP contribution is -2.44. The SMILES string of the molecule is CCCCCCC(CCCCCC/C=C/CCCI)O[Si](C)(C)C(C)(C)C. The average Bonchev–Trinajstić information content (AvgIpc) is 2.58. The predicted molar refractivity (Wildman–Crippen MR) is 136 cm³/mol. The molecule has 0 fully saturated rings. The van der Waals surface area contributed by atoms with Gasteiger partial charge in [-0.15, -0.1) is 0 Å². The lowest BCUT2D eigenvalue weighted by molar-refractivity contribution is 0.154. The third-order valence-corrected chi connectivity index (χ3v) is 11.3. The van der Waals surface area contributed by atoms with Crippen molar-refractivity contribution < 1.29 is 4.43 Å². The number of unbranched alkanes of at least 4 members (excludes halogenated alkanes) is 8. The molecule has 0 bridgehead atoms. The van der Waals surface area contributed by atoms with E-state index in [0.29, 0.717) is 11.1 Å². The summed E-state index contributed by atoms with van der Waals surface area (Å²) in [5.41, 5.74) is 0. The Kier molecular flexibility index (Phi) is 16.8. The van der Waals surface area contributed by atoms with E-state index in [1.165, 1.54) is 87.9 Å². The number of rotatable bonds is 17. The highest BCUT2D eigenvalue weighted by atomic mass is 127. The van der Waals surface area contributed by atoms with Crippen LogP contribution in [0.1, 0.15) is 111 Å². The molecule has 1 atom stereocenters. The van der Waals surface area contributed by atoms with Crippen molar-refractivity contribution in [2.24, 2.45) is 0 Å².